The first-order valence-electron chi connectivity index (χ1n) is 7.20. The Morgan fingerprint density at radius 2 is 1.79 bits per heavy atom. The Balaban J connectivity index is 2.49. The topological polar surface area (TPSA) is 84.2 Å². The van der Waals surface area contributed by atoms with E-state index in [4.69, 9.17) is 5.73 Å². The SMILES string of the molecule is CC(C)CNC(=O)C(C)NC(=O)C1(CN)CCCC1. The van der Waals surface area contributed by atoms with Crippen molar-refractivity contribution >= 4 is 11.8 Å². The lowest BCUT2D eigenvalue weighted by atomic mass is 9.85. The van der Waals surface area contributed by atoms with Crippen LogP contribution in [0, 0.1) is 11.3 Å². The van der Waals surface area contributed by atoms with Crippen molar-refractivity contribution in [3.63, 3.8) is 0 Å². The zero-order chi connectivity index (χ0) is 14.5. The lowest BCUT2D eigenvalue weighted by Crippen LogP contribution is -2.52. The van der Waals surface area contributed by atoms with E-state index in [9.17, 15) is 9.59 Å². The molecule has 0 spiro atoms. The second-order valence-corrected chi connectivity index (χ2v) is 6.03. The second kappa shape index (κ2) is 6.89. The summed E-state index contributed by atoms with van der Waals surface area (Å²) in [4.78, 5) is 24.1. The second-order valence-electron chi connectivity index (χ2n) is 6.03. The van der Waals surface area contributed by atoms with Crippen molar-refractivity contribution in [2.24, 2.45) is 17.1 Å². The largest absolute Gasteiger partial charge is 0.354 e. The van der Waals surface area contributed by atoms with Crippen LogP contribution in [-0.2, 0) is 9.59 Å². The summed E-state index contributed by atoms with van der Waals surface area (Å²) in [6.45, 7) is 6.77. The number of rotatable bonds is 6. The van der Waals surface area contributed by atoms with Crippen molar-refractivity contribution in [2.45, 2.75) is 52.5 Å². The fourth-order valence-electron chi connectivity index (χ4n) is 2.45. The van der Waals surface area contributed by atoms with Gasteiger partial charge >= 0.3 is 0 Å². The summed E-state index contributed by atoms with van der Waals surface area (Å²) >= 11 is 0. The molecule has 0 aromatic heterocycles. The highest BCUT2D eigenvalue weighted by atomic mass is 16.2. The van der Waals surface area contributed by atoms with Crippen LogP contribution in [-0.4, -0.2) is 30.9 Å². The molecule has 1 aliphatic rings. The molecule has 0 radical (unpaired) electrons. The van der Waals surface area contributed by atoms with Crippen LogP contribution in [0.3, 0.4) is 0 Å². The molecule has 5 nitrogen and oxygen atoms in total. The Labute approximate surface area is 115 Å². The molecule has 1 aliphatic carbocycles. The Morgan fingerprint density at radius 1 is 1.21 bits per heavy atom. The molecule has 1 atom stereocenters. The summed E-state index contributed by atoms with van der Waals surface area (Å²) < 4.78 is 0. The van der Waals surface area contributed by atoms with Crippen LogP contribution in [0.2, 0.25) is 0 Å². The van der Waals surface area contributed by atoms with Gasteiger partial charge < -0.3 is 16.4 Å². The molecule has 4 N–H and O–H groups in total. The van der Waals surface area contributed by atoms with Crippen LogP contribution in [0.5, 0.6) is 0 Å². The third kappa shape index (κ3) is 4.20. The predicted octanol–water partition coefficient (Wildman–Crippen LogP) is 0.782. The first-order valence-corrected chi connectivity index (χ1v) is 7.20. The molecule has 0 heterocycles. The van der Waals surface area contributed by atoms with Gasteiger partial charge in [-0.1, -0.05) is 26.7 Å². The lowest BCUT2D eigenvalue weighted by Gasteiger charge is -2.27. The van der Waals surface area contributed by atoms with Gasteiger partial charge in [0.15, 0.2) is 0 Å². The number of hydrogen-bond donors (Lipinski definition) is 3. The maximum atomic E-state index is 12.3. The van der Waals surface area contributed by atoms with Gasteiger partial charge in [0, 0.05) is 13.1 Å². The first-order chi connectivity index (χ1) is 8.91. The number of nitrogens with two attached hydrogens (primary N) is 1. The molecular formula is C14H27N3O2. The van der Waals surface area contributed by atoms with Crippen molar-refractivity contribution in [1.82, 2.24) is 10.6 Å². The zero-order valence-corrected chi connectivity index (χ0v) is 12.3. The number of hydrogen-bond acceptors (Lipinski definition) is 3. The molecular weight excluding hydrogens is 242 g/mol. The molecule has 110 valence electrons. The van der Waals surface area contributed by atoms with E-state index in [0.29, 0.717) is 19.0 Å². The molecule has 2 amide bonds. The standard InChI is InChI=1S/C14H27N3O2/c1-10(2)8-16-12(18)11(3)17-13(19)14(9-15)6-4-5-7-14/h10-11H,4-9,15H2,1-3H3,(H,16,18)(H,17,19). The van der Waals surface area contributed by atoms with Crippen LogP contribution < -0.4 is 16.4 Å². The molecule has 1 fully saturated rings. The van der Waals surface area contributed by atoms with Gasteiger partial charge in [0.2, 0.25) is 11.8 Å². The minimum Gasteiger partial charge on any atom is -0.354 e. The van der Waals surface area contributed by atoms with Gasteiger partial charge in [0.25, 0.3) is 0 Å². The van der Waals surface area contributed by atoms with Crippen molar-refractivity contribution in [3.05, 3.63) is 0 Å². The molecule has 1 unspecified atom stereocenters. The highest BCUT2D eigenvalue weighted by Gasteiger charge is 2.40. The zero-order valence-electron chi connectivity index (χ0n) is 12.3. The van der Waals surface area contributed by atoms with Gasteiger partial charge in [-0.2, -0.15) is 0 Å². The van der Waals surface area contributed by atoms with E-state index in [1.54, 1.807) is 6.92 Å². The summed E-state index contributed by atoms with van der Waals surface area (Å²) in [6, 6.07) is -0.504. The fraction of sp³-hybridized carbons (Fsp3) is 0.857. The van der Waals surface area contributed by atoms with Gasteiger partial charge in [-0.05, 0) is 25.7 Å². The molecule has 0 bridgehead atoms. The van der Waals surface area contributed by atoms with Crippen molar-refractivity contribution in [2.75, 3.05) is 13.1 Å². The Hall–Kier alpha value is -1.10. The van der Waals surface area contributed by atoms with E-state index in [1.165, 1.54) is 0 Å². The minimum absolute atomic E-state index is 0.0697. The summed E-state index contributed by atoms with van der Waals surface area (Å²) in [6.07, 6.45) is 3.74. The Bertz CT molecular complexity index is 323. The third-order valence-electron chi connectivity index (χ3n) is 3.86. The molecule has 0 aromatic rings. The van der Waals surface area contributed by atoms with E-state index >= 15 is 0 Å². The predicted molar refractivity (Wildman–Crippen MR) is 75.4 cm³/mol. The van der Waals surface area contributed by atoms with Crippen LogP contribution in [0.4, 0.5) is 0 Å². The lowest BCUT2D eigenvalue weighted by molar-refractivity contribution is -0.134. The van der Waals surface area contributed by atoms with Crippen LogP contribution >= 0.6 is 0 Å². The summed E-state index contributed by atoms with van der Waals surface area (Å²) in [5, 5.41) is 5.63. The van der Waals surface area contributed by atoms with E-state index < -0.39 is 11.5 Å². The Kier molecular flexibility index (Phi) is 5.79. The summed E-state index contributed by atoms with van der Waals surface area (Å²) in [5.41, 5.74) is 5.31. The molecule has 1 saturated carbocycles. The van der Waals surface area contributed by atoms with E-state index in [-0.39, 0.29) is 11.8 Å². The molecule has 0 saturated heterocycles. The van der Waals surface area contributed by atoms with Gasteiger partial charge in [0.05, 0.1) is 5.41 Å². The summed E-state index contributed by atoms with van der Waals surface area (Å²) in [5.74, 6) is 0.198. The average Bonchev–Trinajstić information content (AvgIpc) is 2.85. The highest BCUT2D eigenvalue weighted by Crippen LogP contribution is 2.37. The van der Waals surface area contributed by atoms with E-state index in [0.717, 1.165) is 25.7 Å². The first kappa shape index (κ1) is 16.0. The maximum absolute atomic E-state index is 12.3. The van der Waals surface area contributed by atoms with Crippen molar-refractivity contribution in [3.8, 4) is 0 Å². The van der Waals surface area contributed by atoms with Gasteiger partial charge in [-0.15, -0.1) is 0 Å². The fourth-order valence-corrected chi connectivity index (χ4v) is 2.45. The van der Waals surface area contributed by atoms with Gasteiger partial charge in [0.1, 0.15) is 6.04 Å². The quantitative estimate of drug-likeness (QED) is 0.666. The van der Waals surface area contributed by atoms with Gasteiger partial charge in [-0.25, -0.2) is 0 Å². The number of nitrogens with one attached hydrogen (secondary N) is 2. The van der Waals surface area contributed by atoms with Gasteiger partial charge in [-0.3, -0.25) is 9.59 Å². The molecule has 5 heteroatoms. The van der Waals surface area contributed by atoms with Crippen molar-refractivity contribution in [1.29, 1.82) is 0 Å². The molecule has 0 aliphatic heterocycles. The van der Waals surface area contributed by atoms with E-state index in [1.807, 2.05) is 13.8 Å². The van der Waals surface area contributed by atoms with Crippen LogP contribution in [0.15, 0.2) is 0 Å². The molecule has 0 aromatic carbocycles. The Morgan fingerprint density at radius 3 is 2.26 bits per heavy atom. The molecule has 19 heavy (non-hydrogen) atoms. The monoisotopic (exact) mass is 269 g/mol. The maximum Gasteiger partial charge on any atom is 0.242 e. The number of carbonyl (C=O) groups excluding carboxylic acids is 2. The number of carbonyl (C=O) groups is 2. The van der Waals surface area contributed by atoms with Crippen LogP contribution in [0.25, 0.3) is 0 Å². The average molecular weight is 269 g/mol. The summed E-state index contributed by atoms with van der Waals surface area (Å²) in [7, 11) is 0. The van der Waals surface area contributed by atoms with E-state index in [2.05, 4.69) is 10.6 Å². The number of amides is 2. The normalized spacial score (nSPS) is 19.2. The smallest absolute Gasteiger partial charge is 0.242 e. The van der Waals surface area contributed by atoms with Crippen molar-refractivity contribution < 1.29 is 9.59 Å². The highest BCUT2D eigenvalue weighted by molar-refractivity contribution is 5.90. The minimum atomic E-state index is -0.504. The third-order valence-corrected chi connectivity index (χ3v) is 3.86. The molecule has 1 rings (SSSR count). The van der Waals surface area contributed by atoms with Crippen LogP contribution in [0.1, 0.15) is 46.5 Å².